The Balaban J connectivity index is 1.94. The molecule has 0 aromatic carbocycles. The zero-order valence-electron chi connectivity index (χ0n) is 15.1. The molecule has 0 spiro atoms. The van der Waals surface area contributed by atoms with Crippen molar-refractivity contribution in [3.63, 3.8) is 0 Å². The first-order valence-electron chi connectivity index (χ1n) is 8.65. The molecule has 0 N–H and O–H groups in total. The van der Waals surface area contributed by atoms with E-state index in [4.69, 9.17) is 4.52 Å². The van der Waals surface area contributed by atoms with E-state index >= 15 is 0 Å². The lowest BCUT2D eigenvalue weighted by atomic mass is 9.96. The number of rotatable bonds is 6. The summed E-state index contributed by atoms with van der Waals surface area (Å²) in [6, 6.07) is 0.213. The van der Waals surface area contributed by atoms with Crippen LogP contribution in [-0.2, 0) is 5.41 Å². The van der Waals surface area contributed by atoms with E-state index in [9.17, 15) is 0 Å². The van der Waals surface area contributed by atoms with E-state index in [0.717, 1.165) is 43.8 Å². The van der Waals surface area contributed by atoms with E-state index in [2.05, 4.69) is 61.5 Å². The normalized spacial score (nSPS) is 21.7. The minimum absolute atomic E-state index is 0.0578. The summed E-state index contributed by atoms with van der Waals surface area (Å²) in [5.74, 6) is 2.31. The van der Waals surface area contributed by atoms with E-state index in [1.807, 2.05) is 0 Å². The summed E-state index contributed by atoms with van der Waals surface area (Å²) in [4.78, 5) is 9.61. The molecule has 0 bridgehead atoms. The highest BCUT2D eigenvalue weighted by Gasteiger charge is 2.31. The van der Waals surface area contributed by atoms with Gasteiger partial charge in [0.1, 0.15) is 0 Å². The van der Waals surface area contributed by atoms with Gasteiger partial charge in [-0.05, 0) is 38.9 Å². The third-order valence-corrected chi connectivity index (χ3v) is 4.75. The maximum absolute atomic E-state index is 5.51. The number of hydrogen-bond donors (Lipinski definition) is 0. The Bertz CT molecular complexity index is 461. The van der Waals surface area contributed by atoms with Gasteiger partial charge in [-0.1, -0.05) is 39.8 Å². The summed E-state index contributed by atoms with van der Waals surface area (Å²) in [5, 5.41) is 4.15. The zero-order chi connectivity index (χ0) is 16.3. The average molecular weight is 308 g/mol. The molecule has 126 valence electrons. The monoisotopic (exact) mass is 308 g/mol. The quantitative estimate of drug-likeness (QED) is 0.808. The average Bonchev–Trinajstić information content (AvgIpc) is 3.12. The first kappa shape index (κ1) is 17.4. The molecular formula is C17H32N4O. The second kappa shape index (κ2) is 7.09. The summed E-state index contributed by atoms with van der Waals surface area (Å²) in [6.45, 7) is 18.7. The third-order valence-electron chi connectivity index (χ3n) is 4.75. The van der Waals surface area contributed by atoms with Gasteiger partial charge in [-0.15, -0.1) is 0 Å². The van der Waals surface area contributed by atoms with E-state index < -0.39 is 0 Å². The number of aromatic nitrogens is 2. The predicted molar refractivity (Wildman–Crippen MR) is 88.9 cm³/mol. The fourth-order valence-corrected chi connectivity index (χ4v) is 3.08. The zero-order valence-corrected chi connectivity index (χ0v) is 15.1. The summed E-state index contributed by atoms with van der Waals surface area (Å²) >= 11 is 0. The lowest BCUT2D eigenvalue weighted by molar-refractivity contribution is 0.191. The van der Waals surface area contributed by atoms with Crippen LogP contribution >= 0.6 is 0 Å². The van der Waals surface area contributed by atoms with Crippen LogP contribution in [0.4, 0.5) is 0 Å². The van der Waals surface area contributed by atoms with Gasteiger partial charge in [-0.25, -0.2) is 0 Å². The van der Waals surface area contributed by atoms with Crippen molar-refractivity contribution in [3.8, 4) is 0 Å². The maximum atomic E-state index is 5.51. The van der Waals surface area contributed by atoms with Gasteiger partial charge in [0.2, 0.25) is 5.89 Å². The van der Waals surface area contributed by atoms with Crippen LogP contribution in [0, 0.1) is 5.92 Å². The number of likely N-dealkylation sites (tertiary alicyclic amines) is 1. The van der Waals surface area contributed by atoms with Crippen LogP contribution in [0.15, 0.2) is 4.52 Å². The van der Waals surface area contributed by atoms with Crippen molar-refractivity contribution in [2.24, 2.45) is 5.92 Å². The van der Waals surface area contributed by atoms with Gasteiger partial charge in [0.05, 0.1) is 6.04 Å². The lowest BCUT2D eigenvalue weighted by Crippen LogP contribution is -2.31. The Morgan fingerprint density at radius 2 is 2.00 bits per heavy atom. The van der Waals surface area contributed by atoms with Crippen LogP contribution in [0.2, 0.25) is 0 Å². The fraction of sp³-hybridized carbons (Fsp3) is 0.882. The van der Waals surface area contributed by atoms with Crippen molar-refractivity contribution in [1.29, 1.82) is 0 Å². The second-order valence-electron chi connectivity index (χ2n) is 7.52. The van der Waals surface area contributed by atoms with Gasteiger partial charge in [-0.2, -0.15) is 4.98 Å². The number of nitrogens with zero attached hydrogens (tertiary/aromatic N) is 4. The largest absolute Gasteiger partial charge is 0.338 e. The molecule has 1 aromatic rings. The molecule has 1 aliphatic rings. The molecule has 5 heteroatoms. The highest BCUT2D eigenvalue weighted by molar-refractivity contribution is 5.02. The standard InChI is InChI=1S/C17H32N4O/c1-7-20(8-2)11-14-9-10-21(12-14)13(3)15-18-16(19-22-15)17(4,5)6/h13-14H,7-12H2,1-6H3/t13-,14+/m0/s1. The van der Waals surface area contributed by atoms with E-state index in [0.29, 0.717) is 0 Å². The molecule has 0 radical (unpaired) electrons. The van der Waals surface area contributed by atoms with Gasteiger partial charge < -0.3 is 9.42 Å². The third kappa shape index (κ3) is 4.07. The minimum atomic E-state index is -0.0578. The second-order valence-corrected chi connectivity index (χ2v) is 7.52. The van der Waals surface area contributed by atoms with E-state index in [-0.39, 0.29) is 11.5 Å². The van der Waals surface area contributed by atoms with Crippen molar-refractivity contribution in [2.75, 3.05) is 32.7 Å². The molecule has 0 saturated carbocycles. The molecule has 1 fully saturated rings. The van der Waals surface area contributed by atoms with Crippen molar-refractivity contribution >= 4 is 0 Å². The van der Waals surface area contributed by atoms with Gasteiger partial charge in [0.25, 0.3) is 0 Å². The van der Waals surface area contributed by atoms with Gasteiger partial charge >= 0.3 is 0 Å². The van der Waals surface area contributed by atoms with E-state index in [1.54, 1.807) is 0 Å². The topological polar surface area (TPSA) is 45.4 Å². The molecule has 0 amide bonds. The van der Waals surface area contributed by atoms with E-state index in [1.165, 1.54) is 13.0 Å². The molecule has 2 atom stereocenters. The molecule has 2 heterocycles. The molecule has 22 heavy (non-hydrogen) atoms. The molecule has 5 nitrogen and oxygen atoms in total. The molecule has 1 aliphatic heterocycles. The van der Waals surface area contributed by atoms with Crippen molar-refractivity contribution in [1.82, 2.24) is 19.9 Å². The predicted octanol–water partition coefficient (Wildman–Crippen LogP) is 3.09. The Kier molecular flexibility index (Phi) is 5.61. The van der Waals surface area contributed by atoms with Crippen molar-refractivity contribution < 1.29 is 4.52 Å². The molecule has 0 aliphatic carbocycles. The fourth-order valence-electron chi connectivity index (χ4n) is 3.08. The first-order chi connectivity index (χ1) is 10.3. The maximum Gasteiger partial charge on any atom is 0.243 e. The number of hydrogen-bond acceptors (Lipinski definition) is 5. The molecule has 2 rings (SSSR count). The summed E-state index contributed by atoms with van der Waals surface area (Å²) in [6.07, 6.45) is 1.26. The van der Waals surface area contributed by atoms with Crippen LogP contribution in [0.3, 0.4) is 0 Å². The van der Waals surface area contributed by atoms with Gasteiger partial charge in [-0.3, -0.25) is 4.90 Å². The lowest BCUT2D eigenvalue weighted by Gasteiger charge is -2.24. The summed E-state index contributed by atoms with van der Waals surface area (Å²) < 4.78 is 5.51. The van der Waals surface area contributed by atoms with Crippen LogP contribution in [-0.4, -0.2) is 52.7 Å². The Labute approximate surface area is 135 Å². The molecule has 1 saturated heterocycles. The molecular weight excluding hydrogens is 276 g/mol. The SMILES string of the molecule is CCN(CC)C[C@H]1CCN([C@@H](C)c2nc(C(C)(C)C)no2)C1. The Morgan fingerprint density at radius 1 is 1.32 bits per heavy atom. The first-order valence-corrected chi connectivity index (χ1v) is 8.65. The molecule has 1 aromatic heterocycles. The highest BCUT2D eigenvalue weighted by Crippen LogP contribution is 2.28. The van der Waals surface area contributed by atoms with Gasteiger partial charge in [0, 0.05) is 18.5 Å². The summed E-state index contributed by atoms with van der Waals surface area (Å²) in [7, 11) is 0. The Hall–Kier alpha value is -0.940. The minimum Gasteiger partial charge on any atom is -0.338 e. The molecule has 0 unspecified atom stereocenters. The highest BCUT2D eigenvalue weighted by atomic mass is 16.5. The van der Waals surface area contributed by atoms with Crippen LogP contribution in [0.1, 0.15) is 65.7 Å². The van der Waals surface area contributed by atoms with Gasteiger partial charge in [0.15, 0.2) is 5.82 Å². The van der Waals surface area contributed by atoms with Crippen molar-refractivity contribution in [2.45, 2.75) is 59.4 Å². The van der Waals surface area contributed by atoms with Crippen LogP contribution < -0.4 is 0 Å². The van der Waals surface area contributed by atoms with Crippen LogP contribution in [0.5, 0.6) is 0 Å². The Morgan fingerprint density at radius 3 is 2.55 bits per heavy atom. The van der Waals surface area contributed by atoms with Crippen molar-refractivity contribution in [3.05, 3.63) is 11.7 Å². The van der Waals surface area contributed by atoms with Crippen LogP contribution in [0.25, 0.3) is 0 Å². The smallest absolute Gasteiger partial charge is 0.243 e. The summed E-state index contributed by atoms with van der Waals surface area (Å²) in [5.41, 5.74) is -0.0578.